The van der Waals surface area contributed by atoms with E-state index in [0.29, 0.717) is 35.3 Å². The third-order valence-corrected chi connectivity index (χ3v) is 4.45. The van der Waals surface area contributed by atoms with E-state index in [9.17, 15) is 14.4 Å². The first-order chi connectivity index (χ1) is 13.9. The first-order valence-electron chi connectivity index (χ1n) is 9.47. The number of ether oxygens (including phenoxy) is 1. The Morgan fingerprint density at radius 2 is 1.86 bits per heavy atom. The van der Waals surface area contributed by atoms with Gasteiger partial charge in [-0.2, -0.15) is 0 Å². The van der Waals surface area contributed by atoms with Crippen molar-refractivity contribution in [1.82, 2.24) is 9.97 Å². The van der Waals surface area contributed by atoms with Crippen LogP contribution in [0.25, 0.3) is 10.9 Å². The van der Waals surface area contributed by atoms with Gasteiger partial charge in [0.1, 0.15) is 5.82 Å². The van der Waals surface area contributed by atoms with E-state index >= 15 is 0 Å². The molecule has 1 amide bonds. The summed E-state index contributed by atoms with van der Waals surface area (Å²) in [5.74, 6) is -0.339. The molecule has 3 rings (SSSR count). The lowest BCUT2D eigenvalue weighted by Gasteiger charge is -2.13. The van der Waals surface area contributed by atoms with Crippen LogP contribution in [0.4, 0.5) is 5.69 Å². The number of amides is 1. The summed E-state index contributed by atoms with van der Waals surface area (Å²) in [6, 6.07) is 14.4. The fourth-order valence-corrected chi connectivity index (χ4v) is 2.84. The molecule has 2 aromatic carbocycles. The minimum Gasteiger partial charge on any atom is -0.453 e. The highest BCUT2D eigenvalue weighted by atomic mass is 16.5. The van der Waals surface area contributed by atoms with Crippen LogP contribution in [0.1, 0.15) is 31.2 Å². The lowest BCUT2D eigenvalue weighted by Crippen LogP contribution is -2.30. The van der Waals surface area contributed by atoms with Crippen molar-refractivity contribution < 1.29 is 14.3 Å². The Bertz CT molecular complexity index is 1070. The van der Waals surface area contributed by atoms with Gasteiger partial charge in [0.05, 0.1) is 10.9 Å². The number of aryl methyl sites for hydroxylation is 2. The Morgan fingerprint density at radius 1 is 1.14 bits per heavy atom. The molecule has 0 aliphatic heterocycles. The second-order valence-electron chi connectivity index (χ2n) is 6.87. The summed E-state index contributed by atoms with van der Waals surface area (Å²) in [6.45, 7) is 3.49. The van der Waals surface area contributed by atoms with Gasteiger partial charge in [-0.05, 0) is 44.5 Å². The Hall–Kier alpha value is -3.48. The fraction of sp³-hybridized carbons (Fsp3) is 0.273. The number of fused-ring (bicyclic) bond motifs is 1. The maximum Gasteiger partial charge on any atom is 0.306 e. The average Bonchev–Trinajstić information content (AvgIpc) is 2.69. The summed E-state index contributed by atoms with van der Waals surface area (Å²) < 4.78 is 5.20. The molecule has 0 radical (unpaired) electrons. The summed E-state index contributed by atoms with van der Waals surface area (Å²) in [5.41, 5.74) is 2.16. The number of nitrogens with zero attached hydrogens (tertiary/aromatic N) is 1. The number of hydrogen-bond acceptors (Lipinski definition) is 5. The van der Waals surface area contributed by atoms with E-state index in [0.717, 1.165) is 5.56 Å². The van der Waals surface area contributed by atoms with Crippen LogP contribution >= 0.6 is 0 Å². The zero-order chi connectivity index (χ0) is 20.8. The lowest BCUT2D eigenvalue weighted by atomic mass is 10.2. The van der Waals surface area contributed by atoms with Crippen LogP contribution in [0.5, 0.6) is 0 Å². The second kappa shape index (κ2) is 9.14. The molecule has 1 aromatic heterocycles. The van der Waals surface area contributed by atoms with Crippen LogP contribution in [-0.4, -0.2) is 27.9 Å². The maximum atomic E-state index is 12.2. The quantitative estimate of drug-likeness (QED) is 0.601. The Labute approximate surface area is 168 Å². The fourth-order valence-electron chi connectivity index (χ4n) is 2.84. The summed E-state index contributed by atoms with van der Waals surface area (Å²) in [5, 5.41) is 3.25. The minimum atomic E-state index is -0.901. The van der Waals surface area contributed by atoms with Gasteiger partial charge in [-0.3, -0.25) is 14.4 Å². The van der Waals surface area contributed by atoms with Gasteiger partial charge in [-0.25, -0.2) is 4.98 Å². The molecule has 0 spiro atoms. The van der Waals surface area contributed by atoms with Crippen molar-refractivity contribution in [2.24, 2.45) is 0 Å². The molecule has 0 aliphatic rings. The zero-order valence-electron chi connectivity index (χ0n) is 16.4. The van der Waals surface area contributed by atoms with Crippen LogP contribution in [-0.2, 0) is 20.7 Å². The van der Waals surface area contributed by atoms with Crippen LogP contribution < -0.4 is 10.9 Å². The summed E-state index contributed by atoms with van der Waals surface area (Å²) in [7, 11) is 0. The summed E-state index contributed by atoms with van der Waals surface area (Å²) >= 11 is 0. The first-order valence-corrected chi connectivity index (χ1v) is 9.47. The first kappa shape index (κ1) is 20.3. The molecule has 1 atom stereocenters. The van der Waals surface area contributed by atoms with Gasteiger partial charge < -0.3 is 15.0 Å². The molecule has 0 aliphatic carbocycles. The van der Waals surface area contributed by atoms with Crippen LogP contribution in [0.3, 0.4) is 0 Å². The van der Waals surface area contributed by atoms with Crippen LogP contribution in [0.2, 0.25) is 0 Å². The van der Waals surface area contributed by atoms with Crippen molar-refractivity contribution in [2.75, 3.05) is 5.32 Å². The highest BCUT2D eigenvalue weighted by Gasteiger charge is 2.18. The molecule has 7 nitrogen and oxygen atoms in total. The van der Waals surface area contributed by atoms with E-state index in [1.807, 2.05) is 25.1 Å². The Morgan fingerprint density at radius 3 is 2.62 bits per heavy atom. The number of hydrogen-bond donors (Lipinski definition) is 2. The van der Waals surface area contributed by atoms with Gasteiger partial charge in [0.2, 0.25) is 0 Å². The van der Waals surface area contributed by atoms with E-state index in [2.05, 4.69) is 15.3 Å². The maximum absolute atomic E-state index is 12.2. The number of aromatic nitrogens is 2. The van der Waals surface area contributed by atoms with Crippen molar-refractivity contribution in [2.45, 2.75) is 39.2 Å². The highest BCUT2D eigenvalue weighted by molar-refractivity contribution is 5.95. The van der Waals surface area contributed by atoms with Gasteiger partial charge in [0, 0.05) is 18.5 Å². The van der Waals surface area contributed by atoms with Gasteiger partial charge >= 0.3 is 5.97 Å². The minimum absolute atomic E-state index is 0.124. The molecule has 0 unspecified atom stereocenters. The molecule has 1 heterocycles. The zero-order valence-corrected chi connectivity index (χ0v) is 16.4. The molecule has 0 saturated heterocycles. The van der Waals surface area contributed by atoms with Gasteiger partial charge in [-0.15, -0.1) is 0 Å². The normalized spacial score (nSPS) is 11.8. The molecular weight excluding hydrogens is 370 g/mol. The van der Waals surface area contributed by atoms with Crippen molar-refractivity contribution in [3.8, 4) is 0 Å². The largest absolute Gasteiger partial charge is 0.453 e. The number of carbonyl (C=O) groups is 2. The molecule has 0 saturated carbocycles. The van der Waals surface area contributed by atoms with E-state index < -0.39 is 12.1 Å². The highest BCUT2D eigenvalue weighted by Crippen LogP contribution is 2.11. The van der Waals surface area contributed by atoms with E-state index in [-0.39, 0.29) is 17.9 Å². The van der Waals surface area contributed by atoms with Gasteiger partial charge in [0.25, 0.3) is 11.5 Å². The lowest BCUT2D eigenvalue weighted by molar-refractivity contribution is -0.153. The molecule has 29 heavy (non-hydrogen) atoms. The Kier molecular flexibility index (Phi) is 6.39. The summed E-state index contributed by atoms with van der Waals surface area (Å²) in [6.07, 6.45) is 0.104. The number of nitrogens with one attached hydrogen (secondary N) is 2. The number of rotatable bonds is 7. The molecule has 150 valence electrons. The van der Waals surface area contributed by atoms with Crippen molar-refractivity contribution in [3.63, 3.8) is 0 Å². The van der Waals surface area contributed by atoms with Crippen LogP contribution in [0.15, 0.2) is 53.3 Å². The molecule has 7 heteroatoms. The number of carbonyl (C=O) groups excluding carboxylic acids is 2. The van der Waals surface area contributed by atoms with E-state index in [1.54, 1.807) is 30.3 Å². The van der Waals surface area contributed by atoms with Gasteiger partial charge in [0.15, 0.2) is 6.10 Å². The van der Waals surface area contributed by atoms with E-state index in [1.165, 1.54) is 6.92 Å². The molecular formula is C22H23N3O4. The number of benzene rings is 2. The molecule has 0 bridgehead atoms. The number of para-hydroxylation sites is 1. The monoisotopic (exact) mass is 393 g/mol. The number of esters is 1. The number of H-pyrrole nitrogens is 1. The topological polar surface area (TPSA) is 101 Å². The second-order valence-corrected chi connectivity index (χ2v) is 6.87. The predicted octanol–water partition coefficient (Wildman–Crippen LogP) is 3.12. The van der Waals surface area contributed by atoms with E-state index in [4.69, 9.17) is 4.74 Å². The Balaban J connectivity index is 1.47. The smallest absolute Gasteiger partial charge is 0.306 e. The summed E-state index contributed by atoms with van der Waals surface area (Å²) in [4.78, 5) is 43.4. The van der Waals surface area contributed by atoms with Crippen LogP contribution in [0, 0.1) is 6.92 Å². The molecule has 0 fully saturated rings. The van der Waals surface area contributed by atoms with Crippen molar-refractivity contribution in [3.05, 3.63) is 70.3 Å². The van der Waals surface area contributed by atoms with Crippen molar-refractivity contribution in [1.29, 1.82) is 0 Å². The number of anilines is 1. The van der Waals surface area contributed by atoms with Gasteiger partial charge in [-0.1, -0.05) is 29.8 Å². The SMILES string of the molecule is Cc1ccc(NC(=O)[C@H](C)OC(=O)CCCc2nc3ccccc3c(=O)[nH]2)cc1. The average molecular weight is 393 g/mol. The standard InChI is InChI=1S/C22H23N3O4/c1-14-10-12-16(13-11-14)23-21(27)15(2)29-20(26)9-5-8-19-24-18-7-4-3-6-17(18)22(28)25-19/h3-4,6-7,10-13,15H,5,8-9H2,1-2H3,(H,23,27)(H,24,25,28)/t15-/m0/s1. The predicted molar refractivity (Wildman–Crippen MR) is 111 cm³/mol. The number of aromatic amines is 1. The molecule has 2 N–H and O–H groups in total. The van der Waals surface area contributed by atoms with Crippen molar-refractivity contribution >= 4 is 28.5 Å². The molecule has 3 aromatic rings. The third-order valence-electron chi connectivity index (χ3n) is 4.45. The third kappa shape index (κ3) is 5.51.